The second-order valence-electron chi connectivity index (χ2n) is 11.2. The van der Waals surface area contributed by atoms with Gasteiger partial charge in [-0.25, -0.2) is 0 Å². The van der Waals surface area contributed by atoms with Crippen molar-refractivity contribution >= 4 is 63.2 Å². The maximum Gasteiger partial charge on any atom is 0.296 e. The molecule has 0 bridgehead atoms. The summed E-state index contributed by atoms with van der Waals surface area (Å²) in [6.07, 6.45) is 0. The molecular formula is C38H27N3O8S2. The Bertz CT molecular complexity index is 2570. The largest absolute Gasteiger partial charge is 0.438 e. The molecule has 0 amide bonds. The van der Waals surface area contributed by atoms with Gasteiger partial charge < -0.3 is 14.8 Å². The fourth-order valence-electron chi connectivity index (χ4n) is 5.63. The number of hydrogen-bond donors (Lipinski definition) is 3. The van der Waals surface area contributed by atoms with E-state index >= 15 is 0 Å². The number of rotatable bonds is 10. The van der Waals surface area contributed by atoms with Crippen molar-refractivity contribution in [2.45, 2.75) is 0 Å². The molecule has 7 rings (SSSR count). The van der Waals surface area contributed by atoms with Crippen molar-refractivity contribution in [2.24, 2.45) is 0 Å². The van der Waals surface area contributed by atoms with Crippen molar-refractivity contribution in [1.82, 2.24) is 9.97 Å². The molecule has 11 nitrogen and oxygen atoms in total. The number of anilines is 2. The van der Waals surface area contributed by atoms with Crippen LogP contribution >= 0.6 is 0 Å². The Kier molecular flexibility index (Phi) is 8.93. The Morgan fingerprint density at radius 3 is 1.55 bits per heavy atom. The molecule has 51 heavy (non-hydrogen) atoms. The van der Waals surface area contributed by atoms with Gasteiger partial charge in [0.05, 0.1) is 6.07 Å². The molecule has 13 heteroatoms. The summed E-state index contributed by atoms with van der Waals surface area (Å²) in [7, 11) is -10.5. The monoisotopic (exact) mass is 717 g/mol. The van der Waals surface area contributed by atoms with Crippen LogP contribution in [0.3, 0.4) is 0 Å². The van der Waals surface area contributed by atoms with Crippen LogP contribution in [0.1, 0.15) is 11.1 Å². The highest BCUT2D eigenvalue weighted by molar-refractivity contribution is 8.01. The van der Waals surface area contributed by atoms with Gasteiger partial charge in [0.2, 0.25) is 17.7 Å². The third kappa shape index (κ3) is 7.27. The van der Waals surface area contributed by atoms with E-state index in [1.807, 2.05) is 72.8 Å². The topological polar surface area (TPSA) is 165 Å². The lowest BCUT2D eigenvalue weighted by Crippen LogP contribution is -2.12. The van der Waals surface area contributed by atoms with Gasteiger partial charge in [0.15, 0.2) is 0 Å². The van der Waals surface area contributed by atoms with Crippen molar-refractivity contribution in [3.8, 4) is 23.3 Å². The summed E-state index contributed by atoms with van der Waals surface area (Å²) in [6.45, 7) is 0. The van der Waals surface area contributed by atoms with Crippen LogP contribution in [-0.2, 0) is 20.2 Å². The minimum absolute atomic E-state index is 0.0272. The summed E-state index contributed by atoms with van der Waals surface area (Å²) in [6, 6.07) is 40.6. The normalized spacial score (nSPS) is 12.4. The molecule has 0 saturated heterocycles. The zero-order valence-corrected chi connectivity index (χ0v) is 28.0. The zero-order chi connectivity index (χ0) is 35.6. The predicted octanol–water partition coefficient (Wildman–Crippen LogP) is 8.71. The molecule has 0 fully saturated rings. The third-order valence-corrected chi connectivity index (χ3v) is 9.81. The molecule has 254 valence electrons. The Labute approximate surface area is 293 Å². The van der Waals surface area contributed by atoms with Crippen LogP contribution in [0.25, 0.3) is 31.4 Å². The zero-order valence-electron chi connectivity index (χ0n) is 26.4. The van der Waals surface area contributed by atoms with Crippen molar-refractivity contribution in [1.29, 1.82) is 0 Å². The van der Waals surface area contributed by atoms with Crippen LogP contribution in [0.5, 0.6) is 23.3 Å². The molecule has 1 aromatic heterocycles. The molecule has 0 atom stereocenters. The highest BCUT2D eigenvalue weighted by atomic mass is 32.2. The van der Waals surface area contributed by atoms with Gasteiger partial charge in [-0.1, -0.05) is 121 Å². The van der Waals surface area contributed by atoms with Crippen molar-refractivity contribution in [3.05, 3.63) is 157 Å². The summed E-state index contributed by atoms with van der Waals surface area (Å²) in [4.78, 5) is 6.98. The summed E-state index contributed by atoms with van der Waals surface area (Å²) in [5, 5.41) is 6.44. The molecule has 7 aromatic rings. The average molecular weight is 718 g/mol. The van der Waals surface area contributed by atoms with Gasteiger partial charge in [0, 0.05) is 22.0 Å². The van der Waals surface area contributed by atoms with E-state index in [4.69, 9.17) is 9.47 Å². The molecule has 0 aliphatic rings. The fraction of sp³-hybridized carbons (Fsp3) is 0. The van der Waals surface area contributed by atoms with E-state index in [0.29, 0.717) is 11.5 Å². The lowest BCUT2D eigenvalue weighted by atomic mass is 10.1. The third-order valence-electron chi connectivity index (χ3n) is 7.78. The highest BCUT2D eigenvalue weighted by Crippen LogP contribution is 2.39. The Morgan fingerprint density at radius 2 is 1.00 bits per heavy atom. The number of fused-ring (bicyclic) bond motifs is 2. The van der Waals surface area contributed by atoms with Gasteiger partial charge in [-0.2, -0.15) is 26.8 Å². The van der Waals surface area contributed by atoms with Crippen LogP contribution < -0.4 is 14.8 Å². The van der Waals surface area contributed by atoms with E-state index in [9.17, 15) is 25.9 Å². The number of ether oxygens (including phenoxy) is 2. The number of nitrogens with zero attached hydrogens (tertiary/aromatic N) is 2. The molecule has 0 spiro atoms. The average Bonchev–Trinajstić information content (AvgIpc) is 3.11. The van der Waals surface area contributed by atoms with Crippen LogP contribution in [0, 0.1) is 0 Å². The first kappa shape index (κ1) is 33.4. The second kappa shape index (κ2) is 13.7. The molecular weight excluding hydrogens is 691 g/mol. The number of benzene rings is 6. The SMILES string of the molecule is O=S(=O)(O)C(=C(c1ccccc1Nc1nc(Oc2cccc3ccccc23)cc(Oc2cccc3ccccc23)n1)S(=O)(=O)O)c1ccccc1. The van der Waals surface area contributed by atoms with Crippen molar-refractivity contribution < 1.29 is 35.4 Å². The Balaban J connectivity index is 1.38. The molecule has 0 saturated carbocycles. The molecule has 0 aliphatic carbocycles. The molecule has 0 unspecified atom stereocenters. The first-order chi connectivity index (χ1) is 24.5. The van der Waals surface area contributed by atoms with Gasteiger partial charge in [-0.3, -0.25) is 9.11 Å². The summed E-state index contributed by atoms with van der Waals surface area (Å²) < 4.78 is 84.6. The number of hydrogen-bond acceptors (Lipinski definition) is 9. The molecule has 6 aromatic carbocycles. The van der Waals surface area contributed by atoms with Crippen LogP contribution in [0.15, 0.2) is 146 Å². The van der Waals surface area contributed by atoms with Crippen molar-refractivity contribution in [3.63, 3.8) is 0 Å². The summed E-state index contributed by atoms with van der Waals surface area (Å²) >= 11 is 0. The van der Waals surface area contributed by atoms with E-state index in [-0.39, 0.29) is 34.5 Å². The maximum atomic E-state index is 12.9. The van der Waals surface area contributed by atoms with Crippen LogP contribution in [0.2, 0.25) is 0 Å². The second-order valence-corrected chi connectivity index (χ2v) is 13.9. The Hall–Kier alpha value is -6.12. The standard InChI is InChI=1S/C38H27N3O8S2/c42-50(43,44)36(27-14-2-1-3-15-27)37(51(45,46)47)30-20-8-9-21-31(30)39-38-40-34(48-32-22-10-16-25-12-4-6-18-28(25)32)24-35(41-38)49-33-23-11-17-26-13-5-7-19-29(26)33/h1-24H,(H,39,40,41)(H,42,43,44)(H,45,46,47). The highest BCUT2D eigenvalue weighted by Gasteiger charge is 2.32. The van der Waals surface area contributed by atoms with Crippen molar-refractivity contribution in [2.75, 3.05) is 5.32 Å². The van der Waals surface area contributed by atoms with E-state index in [0.717, 1.165) is 21.5 Å². The number of nitrogens with one attached hydrogen (secondary N) is 1. The molecule has 0 radical (unpaired) electrons. The number of para-hydroxylation sites is 1. The summed E-state index contributed by atoms with van der Waals surface area (Å²) in [5.41, 5.74) is -0.493. The predicted molar refractivity (Wildman–Crippen MR) is 196 cm³/mol. The van der Waals surface area contributed by atoms with Crippen LogP contribution in [0.4, 0.5) is 11.6 Å². The first-order valence-corrected chi connectivity index (χ1v) is 18.2. The lowest BCUT2D eigenvalue weighted by molar-refractivity contribution is 0.440. The minimum Gasteiger partial charge on any atom is -0.438 e. The maximum absolute atomic E-state index is 12.9. The summed E-state index contributed by atoms with van der Waals surface area (Å²) in [5.74, 6) is 0.978. The van der Waals surface area contributed by atoms with Gasteiger partial charge in [-0.05, 0) is 34.5 Å². The number of aromatic nitrogens is 2. The van der Waals surface area contributed by atoms with Gasteiger partial charge in [0.25, 0.3) is 20.2 Å². The molecule has 3 N–H and O–H groups in total. The smallest absolute Gasteiger partial charge is 0.296 e. The molecule has 1 heterocycles. The van der Waals surface area contributed by atoms with Gasteiger partial charge in [0.1, 0.15) is 21.3 Å². The molecule has 0 aliphatic heterocycles. The lowest BCUT2D eigenvalue weighted by Gasteiger charge is -2.17. The van der Waals surface area contributed by atoms with Gasteiger partial charge >= 0.3 is 0 Å². The van der Waals surface area contributed by atoms with E-state index < -0.39 is 30.0 Å². The Morgan fingerprint density at radius 1 is 0.529 bits per heavy atom. The fourth-order valence-corrected chi connectivity index (χ4v) is 7.85. The van der Waals surface area contributed by atoms with E-state index in [1.165, 1.54) is 48.5 Å². The first-order valence-electron chi connectivity index (χ1n) is 15.4. The van der Waals surface area contributed by atoms with E-state index in [2.05, 4.69) is 15.3 Å². The minimum atomic E-state index is -5.29. The quantitative estimate of drug-likeness (QED) is 0.0915. The van der Waals surface area contributed by atoms with Gasteiger partial charge in [-0.15, -0.1) is 0 Å². The van der Waals surface area contributed by atoms with E-state index in [1.54, 1.807) is 24.3 Å². The van der Waals surface area contributed by atoms with Crippen LogP contribution in [-0.4, -0.2) is 35.9 Å².